The van der Waals surface area contributed by atoms with Crippen LogP contribution in [-0.4, -0.2) is 23.6 Å². The topological polar surface area (TPSA) is 47.0 Å². The predicted molar refractivity (Wildman–Crippen MR) is 86.5 cm³/mol. The van der Waals surface area contributed by atoms with Crippen LogP contribution in [-0.2, 0) is 19.4 Å². The summed E-state index contributed by atoms with van der Waals surface area (Å²) in [5.74, 6) is 1.62. The van der Waals surface area contributed by atoms with Gasteiger partial charge in [-0.05, 0) is 40.5 Å². The maximum atomic E-state index is 5.28. The monoisotopic (exact) mass is 347 g/mol. The number of halogens is 1. The van der Waals surface area contributed by atoms with E-state index in [0.717, 1.165) is 53.2 Å². The molecule has 0 atom stereocenters. The minimum atomic E-state index is 0.802. The van der Waals surface area contributed by atoms with Crippen molar-refractivity contribution < 1.29 is 4.74 Å². The molecule has 0 unspecified atom stereocenters. The van der Waals surface area contributed by atoms with Gasteiger partial charge in [-0.1, -0.05) is 6.92 Å². The summed E-state index contributed by atoms with van der Waals surface area (Å²) < 4.78 is 6.20. The molecule has 0 bridgehead atoms. The van der Waals surface area contributed by atoms with Crippen LogP contribution in [0, 0.1) is 0 Å². The molecule has 3 rings (SSSR count). The number of aryl methyl sites for hydroxylation is 1. The third-order valence-corrected chi connectivity index (χ3v) is 4.38. The number of ether oxygens (including phenoxy) is 1. The quantitative estimate of drug-likeness (QED) is 0.926. The second-order valence-electron chi connectivity index (χ2n) is 5.05. The van der Waals surface area contributed by atoms with E-state index in [-0.39, 0.29) is 0 Å². The number of benzene rings is 1. The highest BCUT2D eigenvalue weighted by Crippen LogP contribution is 2.30. The number of rotatable bonds is 3. The molecule has 0 spiro atoms. The van der Waals surface area contributed by atoms with Gasteiger partial charge in [-0.15, -0.1) is 0 Å². The van der Waals surface area contributed by atoms with E-state index < -0.39 is 0 Å². The number of fused-ring (bicyclic) bond motifs is 1. The summed E-state index contributed by atoms with van der Waals surface area (Å²) in [4.78, 5) is 9.53. The highest BCUT2D eigenvalue weighted by molar-refractivity contribution is 9.10. The van der Waals surface area contributed by atoms with Crippen molar-refractivity contribution in [2.45, 2.75) is 26.3 Å². The van der Waals surface area contributed by atoms with Gasteiger partial charge in [-0.25, -0.2) is 9.97 Å². The van der Waals surface area contributed by atoms with Crippen LogP contribution in [0.15, 0.2) is 22.7 Å². The van der Waals surface area contributed by atoms with Gasteiger partial charge < -0.3 is 10.1 Å². The van der Waals surface area contributed by atoms with Crippen LogP contribution in [0.3, 0.4) is 0 Å². The molecule has 1 aliphatic rings. The van der Waals surface area contributed by atoms with Crippen LogP contribution >= 0.6 is 15.9 Å². The molecule has 5 heteroatoms. The molecule has 0 aliphatic carbocycles. The first kappa shape index (κ1) is 14.5. The molecule has 0 fully saturated rings. The predicted octanol–water partition coefficient (Wildman–Crippen LogP) is 3.12. The van der Waals surface area contributed by atoms with E-state index in [1.165, 1.54) is 11.3 Å². The fourth-order valence-electron chi connectivity index (χ4n) is 2.64. The van der Waals surface area contributed by atoms with Gasteiger partial charge in [0.15, 0.2) is 5.82 Å². The number of hydrogen-bond acceptors (Lipinski definition) is 4. The molecular formula is C16H18BrN3O. The standard InChI is InChI=1S/C16H18BrN3O/c1-3-13-11-9-18-7-6-14(11)20-16(19-13)10-4-5-15(21-2)12(17)8-10/h4-5,8,18H,3,6-7,9H2,1-2H3. The second-order valence-corrected chi connectivity index (χ2v) is 5.90. The van der Waals surface area contributed by atoms with Crippen LogP contribution in [0.1, 0.15) is 23.9 Å². The van der Waals surface area contributed by atoms with Gasteiger partial charge in [0.05, 0.1) is 17.3 Å². The Morgan fingerprint density at radius 1 is 1.33 bits per heavy atom. The maximum absolute atomic E-state index is 5.28. The zero-order valence-corrected chi connectivity index (χ0v) is 13.8. The summed E-state index contributed by atoms with van der Waals surface area (Å²) >= 11 is 3.52. The maximum Gasteiger partial charge on any atom is 0.159 e. The number of methoxy groups -OCH3 is 1. The highest BCUT2D eigenvalue weighted by Gasteiger charge is 2.17. The summed E-state index contributed by atoms with van der Waals surface area (Å²) in [6.07, 6.45) is 1.89. The van der Waals surface area contributed by atoms with Gasteiger partial charge in [0.2, 0.25) is 0 Å². The lowest BCUT2D eigenvalue weighted by molar-refractivity contribution is 0.412. The lowest BCUT2D eigenvalue weighted by Gasteiger charge is -2.19. The molecule has 1 aromatic heterocycles. The van der Waals surface area contributed by atoms with Crippen molar-refractivity contribution in [2.24, 2.45) is 0 Å². The smallest absolute Gasteiger partial charge is 0.159 e. The first-order valence-electron chi connectivity index (χ1n) is 7.16. The average Bonchev–Trinajstić information content (AvgIpc) is 2.53. The minimum Gasteiger partial charge on any atom is -0.496 e. The number of aromatic nitrogens is 2. The Morgan fingerprint density at radius 2 is 2.19 bits per heavy atom. The molecule has 2 heterocycles. The second kappa shape index (κ2) is 6.12. The van der Waals surface area contributed by atoms with Crippen molar-refractivity contribution >= 4 is 15.9 Å². The van der Waals surface area contributed by atoms with Crippen LogP contribution in [0.5, 0.6) is 5.75 Å². The molecule has 4 nitrogen and oxygen atoms in total. The first-order valence-corrected chi connectivity index (χ1v) is 7.95. The summed E-state index contributed by atoms with van der Waals surface area (Å²) in [6, 6.07) is 5.96. The Bertz CT molecular complexity index is 656. The van der Waals surface area contributed by atoms with E-state index in [9.17, 15) is 0 Å². The van der Waals surface area contributed by atoms with Crippen molar-refractivity contribution in [1.82, 2.24) is 15.3 Å². The van der Waals surface area contributed by atoms with Crippen LogP contribution in [0.2, 0.25) is 0 Å². The molecular weight excluding hydrogens is 330 g/mol. The lowest BCUT2D eigenvalue weighted by Crippen LogP contribution is -2.26. The molecule has 21 heavy (non-hydrogen) atoms. The summed E-state index contributed by atoms with van der Waals surface area (Å²) in [5, 5.41) is 3.40. The molecule has 0 saturated carbocycles. The Labute approximate surface area is 133 Å². The van der Waals surface area contributed by atoms with Gasteiger partial charge in [0.1, 0.15) is 5.75 Å². The van der Waals surface area contributed by atoms with E-state index in [0.29, 0.717) is 0 Å². The van der Waals surface area contributed by atoms with Crippen LogP contribution in [0.4, 0.5) is 0 Å². The molecule has 0 radical (unpaired) electrons. The van der Waals surface area contributed by atoms with Crippen LogP contribution < -0.4 is 10.1 Å². The van der Waals surface area contributed by atoms with Gasteiger partial charge >= 0.3 is 0 Å². The zero-order chi connectivity index (χ0) is 14.8. The molecule has 0 saturated heterocycles. The Morgan fingerprint density at radius 3 is 2.90 bits per heavy atom. The molecule has 2 aromatic rings. The average molecular weight is 348 g/mol. The number of nitrogens with zero attached hydrogens (tertiary/aromatic N) is 2. The normalized spacial score (nSPS) is 13.9. The lowest BCUT2D eigenvalue weighted by atomic mass is 10.0. The van der Waals surface area contributed by atoms with E-state index in [1.54, 1.807) is 7.11 Å². The largest absolute Gasteiger partial charge is 0.496 e. The molecule has 1 aliphatic heterocycles. The minimum absolute atomic E-state index is 0.802. The van der Waals surface area contributed by atoms with Crippen molar-refractivity contribution in [1.29, 1.82) is 0 Å². The van der Waals surface area contributed by atoms with E-state index >= 15 is 0 Å². The summed E-state index contributed by atoms with van der Waals surface area (Å²) in [6.45, 7) is 4.01. The SMILES string of the molecule is CCc1nc(-c2ccc(OC)c(Br)c2)nc2c1CNCC2. The fraction of sp³-hybridized carbons (Fsp3) is 0.375. The van der Waals surface area contributed by atoms with Gasteiger partial charge in [0, 0.05) is 36.3 Å². The van der Waals surface area contributed by atoms with Gasteiger partial charge in [0.25, 0.3) is 0 Å². The van der Waals surface area contributed by atoms with E-state index in [4.69, 9.17) is 14.7 Å². The number of nitrogens with one attached hydrogen (secondary N) is 1. The van der Waals surface area contributed by atoms with Gasteiger partial charge in [-0.2, -0.15) is 0 Å². The van der Waals surface area contributed by atoms with Crippen molar-refractivity contribution in [3.8, 4) is 17.1 Å². The van der Waals surface area contributed by atoms with Crippen molar-refractivity contribution in [2.75, 3.05) is 13.7 Å². The van der Waals surface area contributed by atoms with Crippen LogP contribution in [0.25, 0.3) is 11.4 Å². The molecule has 1 N–H and O–H groups in total. The third kappa shape index (κ3) is 2.80. The Balaban J connectivity index is 2.08. The zero-order valence-electron chi connectivity index (χ0n) is 12.2. The molecule has 0 amide bonds. The first-order chi connectivity index (χ1) is 10.2. The van der Waals surface area contributed by atoms with E-state index in [2.05, 4.69) is 28.2 Å². The summed E-state index contributed by atoms with van der Waals surface area (Å²) in [5.41, 5.74) is 4.62. The highest BCUT2D eigenvalue weighted by atomic mass is 79.9. The van der Waals surface area contributed by atoms with Crippen molar-refractivity contribution in [3.05, 3.63) is 39.6 Å². The molecule has 1 aromatic carbocycles. The number of hydrogen-bond donors (Lipinski definition) is 1. The van der Waals surface area contributed by atoms with Crippen molar-refractivity contribution in [3.63, 3.8) is 0 Å². The van der Waals surface area contributed by atoms with E-state index in [1.807, 2.05) is 18.2 Å². The Hall–Kier alpha value is -1.46. The molecule has 110 valence electrons. The summed E-state index contributed by atoms with van der Waals surface area (Å²) in [7, 11) is 1.66. The van der Waals surface area contributed by atoms with Gasteiger partial charge in [-0.3, -0.25) is 0 Å². The Kier molecular flexibility index (Phi) is 4.22. The third-order valence-electron chi connectivity index (χ3n) is 3.76. The fourth-order valence-corrected chi connectivity index (χ4v) is 3.18.